The number of nitrogens with one attached hydrogen (secondary N) is 3. The molecule has 1 aliphatic carbocycles. The summed E-state index contributed by atoms with van der Waals surface area (Å²) in [4.78, 5) is 38.6. The normalized spacial score (nSPS) is 13.6. The van der Waals surface area contributed by atoms with Crippen LogP contribution in [0.25, 0.3) is 22.2 Å². The fourth-order valence-electron chi connectivity index (χ4n) is 5.04. The van der Waals surface area contributed by atoms with Gasteiger partial charge in [-0.1, -0.05) is 42.5 Å². The number of benzene rings is 2. The smallest absolute Gasteiger partial charge is 0.294 e. The standard InChI is InChI=1S/C31H30N6O3/c1-40-25-9-7-23(8-10-25)31(12-13-31)20-35-29-30(39)37(27(18-34-29)21-5-3-2-4-6-21)19-28(38)33-17-24-15-22-16-32-14-11-26(22)36-24/h2-11,14-16,18,36H,12-13,17,19-20H2,1H3,(H,33,38)(H,34,35). The topological polar surface area (TPSA) is 114 Å². The summed E-state index contributed by atoms with van der Waals surface area (Å²) in [6, 6.07) is 21.4. The fraction of sp³-hybridized carbons (Fsp3) is 0.226. The molecule has 9 heteroatoms. The second kappa shape index (κ2) is 10.7. The molecule has 3 aromatic heterocycles. The number of H-pyrrole nitrogens is 1. The SMILES string of the molecule is COc1ccc(C2(CNc3ncc(-c4ccccc4)n(CC(=O)NCc4cc5cnccc5[nH]4)c3=O)CC2)cc1. The molecule has 40 heavy (non-hydrogen) atoms. The predicted octanol–water partition coefficient (Wildman–Crippen LogP) is 4.26. The van der Waals surface area contributed by atoms with Gasteiger partial charge in [-0.25, -0.2) is 4.98 Å². The summed E-state index contributed by atoms with van der Waals surface area (Å²) in [5.41, 5.74) is 4.03. The molecule has 2 aromatic carbocycles. The summed E-state index contributed by atoms with van der Waals surface area (Å²) in [7, 11) is 1.65. The van der Waals surface area contributed by atoms with E-state index in [4.69, 9.17) is 4.74 Å². The van der Waals surface area contributed by atoms with Crippen molar-refractivity contribution in [2.24, 2.45) is 0 Å². The molecule has 0 saturated heterocycles. The number of ether oxygens (including phenoxy) is 1. The number of hydrogen-bond acceptors (Lipinski definition) is 6. The summed E-state index contributed by atoms with van der Waals surface area (Å²) >= 11 is 0. The summed E-state index contributed by atoms with van der Waals surface area (Å²) in [6.45, 7) is 0.753. The van der Waals surface area contributed by atoms with Gasteiger partial charge >= 0.3 is 0 Å². The van der Waals surface area contributed by atoms with Crippen LogP contribution in [0.1, 0.15) is 24.1 Å². The lowest BCUT2D eigenvalue weighted by Crippen LogP contribution is -2.35. The molecule has 0 aliphatic heterocycles. The van der Waals surface area contributed by atoms with Gasteiger partial charge in [-0.15, -0.1) is 0 Å². The van der Waals surface area contributed by atoms with E-state index in [1.165, 1.54) is 10.1 Å². The molecule has 0 radical (unpaired) electrons. The maximum absolute atomic E-state index is 13.7. The maximum Gasteiger partial charge on any atom is 0.294 e. The van der Waals surface area contributed by atoms with Gasteiger partial charge in [-0.3, -0.25) is 19.1 Å². The van der Waals surface area contributed by atoms with E-state index in [1.807, 2.05) is 54.6 Å². The van der Waals surface area contributed by atoms with Crippen LogP contribution in [0.5, 0.6) is 5.75 Å². The highest BCUT2D eigenvalue weighted by Crippen LogP contribution is 2.48. The second-order valence-electron chi connectivity index (χ2n) is 10.1. The molecule has 202 valence electrons. The number of nitrogens with zero attached hydrogens (tertiary/aromatic N) is 3. The zero-order valence-electron chi connectivity index (χ0n) is 22.2. The van der Waals surface area contributed by atoms with Gasteiger partial charge in [-0.2, -0.15) is 0 Å². The van der Waals surface area contributed by atoms with Crippen molar-refractivity contribution >= 4 is 22.6 Å². The Morgan fingerprint density at radius 2 is 1.88 bits per heavy atom. The maximum atomic E-state index is 13.7. The number of methoxy groups -OCH3 is 1. The van der Waals surface area contributed by atoms with Gasteiger partial charge in [0.15, 0.2) is 5.82 Å². The number of fused-ring (bicyclic) bond motifs is 1. The lowest BCUT2D eigenvalue weighted by molar-refractivity contribution is -0.121. The van der Waals surface area contributed by atoms with Crippen LogP contribution in [0, 0.1) is 0 Å². The van der Waals surface area contributed by atoms with Gasteiger partial charge in [0.25, 0.3) is 5.56 Å². The summed E-state index contributed by atoms with van der Waals surface area (Å²) in [5.74, 6) is 0.772. The Bertz CT molecular complexity index is 1670. The number of aromatic amines is 1. The number of carbonyl (C=O) groups is 1. The number of hydrogen-bond donors (Lipinski definition) is 3. The van der Waals surface area contributed by atoms with Crippen molar-refractivity contribution in [3.63, 3.8) is 0 Å². The van der Waals surface area contributed by atoms with Crippen LogP contribution in [0.3, 0.4) is 0 Å². The van der Waals surface area contributed by atoms with E-state index >= 15 is 0 Å². The minimum absolute atomic E-state index is 0.0458. The Kier molecular flexibility index (Phi) is 6.77. The molecule has 1 fully saturated rings. The average molecular weight is 535 g/mol. The first kappa shape index (κ1) is 25.4. The monoisotopic (exact) mass is 534 g/mol. The first-order valence-electron chi connectivity index (χ1n) is 13.3. The average Bonchev–Trinajstić information content (AvgIpc) is 3.67. The van der Waals surface area contributed by atoms with Gasteiger partial charge in [0.05, 0.1) is 25.5 Å². The molecular weight excluding hydrogens is 504 g/mol. The van der Waals surface area contributed by atoms with E-state index in [9.17, 15) is 9.59 Å². The van der Waals surface area contributed by atoms with Crippen LogP contribution in [-0.4, -0.2) is 39.1 Å². The molecule has 6 rings (SSSR count). The molecular formula is C31H30N6O3. The number of aromatic nitrogens is 4. The Morgan fingerprint density at radius 3 is 2.60 bits per heavy atom. The van der Waals surface area contributed by atoms with Crippen molar-refractivity contribution in [2.75, 3.05) is 19.0 Å². The fourth-order valence-corrected chi connectivity index (χ4v) is 5.04. The van der Waals surface area contributed by atoms with Crippen molar-refractivity contribution in [1.29, 1.82) is 0 Å². The third-order valence-electron chi connectivity index (χ3n) is 7.53. The number of carbonyl (C=O) groups excluding carboxylic acids is 1. The molecule has 0 bridgehead atoms. The van der Waals surface area contributed by atoms with E-state index in [0.29, 0.717) is 18.8 Å². The van der Waals surface area contributed by atoms with E-state index in [0.717, 1.165) is 40.8 Å². The molecule has 3 N–H and O–H groups in total. The Hall–Kier alpha value is -4.92. The summed E-state index contributed by atoms with van der Waals surface area (Å²) in [5, 5.41) is 7.19. The number of amides is 1. The van der Waals surface area contributed by atoms with Crippen LogP contribution in [0.4, 0.5) is 5.82 Å². The van der Waals surface area contributed by atoms with Crippen molar-refractivity contribution in [2.45, 2.75) is 31.3 Å². The molecule has 0 spiro atoms. The van der Waals surface area contributed by atoms with Crippen LogP contribution >= 0.6 is 0 Å². The Balaban J connectivity index is 1.21. The molecule has 9 nitrogen and oxygen atoms in total. The summed E-state index contributed by atoms with van der Waals surface area (Å²) < 4.78 is 6.78. The first-order valence-corrected chi connectivity index (χ1v) is 13.3. The van der Waals surface area contributed by atoms with Crippen molar-refractivity contribution in [3.8, 4) is 17.0 Å². The predicted molar refractivity (Wildman–Crippen MR) is 154 cm³/mol. The second-order valence-corrected chi connectivity index (χ2v) is 10.1. The zero-order valence-corrected chi connectivity index (χ0v) is 22.2. The minimum atomic E-state index is -0.335. The van der Waals surface area contributed by atoms with Crippen molar-refractivity contribution < 1.29 is 9.53 Å². The minimum Gasteiger partial charge on any atom is -0.497 e. The van der Waals surface area contributed by atoms with Gasteiger partial charge in [-0.05, 0) is 48.2 Å². The van der Waals surface area contributed by atoms with E-state index < -0.39 is 0 Å². The molecule has 5 aromatic rings. The first-order chi connectivity index (χ1) is 19.5. The van der Waals surface area contributed by atoms with Crippen LogP contribution in [-0.2, 0) is 23.3 Å². The van der Waals surface area contributed by atoms with Gasteiger partial charge in [0.2, 0.25) is 5.91 Å². The number of anilines is 1. The van der Waals surface area contributed by atoms with Crippen LogP contribution in [0.2, 0.25) is 0 Å². The number of pyridine rings is 1. The van der Waals surface area contributed by atoms with E-state index in [-0.39, 0.29) is 29.2 Å². The van der Waals surface area contributed by atoms with Crippen LogP contribution in [0.15, 0.2) is 90.1 Å². The van der Waals surface area contributed by atoms with Gasteiger partial charge < -0.3 is 20.4 Å². The third-order valence-corrected chi connectivity index (χ3v) is 7.53. The molecule has 1 saturated carbocycles. The highest BCUT2D eigenvalue weighted by atomic mass is 16.5. The van der Waals surface area contributed by atoms with Crippen molar-refractivity contribution in [3.05, 3.63) is 107 Å². The molecule has 0 unspecified atom stereocenters. The van der Waals surface area contributed by atoms with E-state index in [1.54, 1.807) is 25.7 Å². The molecule has 3 heterocycles. The quantitative estimate of drug-likeness (QED) is 0.247. The number of rotatable bonds is 10. The Labute approximate surface area is 231 Å². The van der Waals surface area contributed by atoms with Crippen molar-refractivity contribution in [1.82, 2.24) is 24.8 Å². The lowest BCUT2D eigenvalue weighted by atomic mass is 9.96. The van der Waals surface area contributed by atoms with Crippen LogP contribution < -0.4 is 20.9 Å². The largest absolute Gasteiger partial charge is 0.497 e. The third kappa shape index (κ3) is 5.18. The zero-order chi connectivity index (χ0) is 27.5. The summed E-state index contributed by atoms with van der Waals surface area (Å²) in [6.07, 6.45) is 7.19. The van der Waals surface area contributed by atoms with Gasteiger partial charge in [0.1, 0.15) is 12.3 Å². The molecule has 1 aliphatic rings. The lowest BCUT2D eigenvalue weighted by Gasteiger charge is -2.19. The molecule has 1 amide bonds. The van der Waals surface area contributed by atoms with E-state index in [2.05, 4.69) is 37.7 Å². The van der Waals surface area contributed by atoms with Gasteiger partial charge in [0, 0.05) is 41.0 Å². The highest BCUT2D eigenvalue weighted by molar-refractivity contribution is 5.80. The Morgan fingerprint density at radius 1 is 1.07 bits per heavy atom. The highest BCUT2D eigenvalue weighted by Gasteiger charge is 2.44. The molecule has 0 atom stereocenters.